The van der Waals surface area contributed by atoms with E-state index in [-0.39, 0.29) is 0 Å². The highest BCUT2D eigenvalue weighted by molar-refractivity contribution is 8.00. The van der Waals surface area contributed by atoms with Gasteiger partial charge in [-0.25, -0.2) is 9.78 Å². The van der Waals surface area contributed by atoms with E-state index >= 15 is 0 Å². The van der Waals surface area contributed by atoms with Gasteiger partial charge >= 0.3 is 5.97 Å². The Balaban J connectivity index is 2.15. The molecule has 0 spiro atoms. The third-order valence-corrected chi connectivity index (χ3v) is 4.50. The average molecular weight is 307 g/mol. The summed E-state index contributed by atoms with van der Waals surface area (Å²) in [6, 6.07) is 5.61. The van der Waals surface area contributed by atoms with Gasteiger partial charge in [0.1, 0.15) is 10.1 Å². The standard InChI is InChI=1S/C14H13NO3S2/c1-18-12-4-2-10(3-5-13(16)17)8-11(12)9-20-14-15-6-7-19-14/h2-8H,9H2,1H3,(H,16,17). The number of rotatable bonds is 6. The van der Waals surface area contributed by atoms with Gasteiger partial charge in [0, 0.05) is 29.0 Å². The van der Waals surface area contributed by atoms with Gasteiger partial charge in [0.05, 0.1) is 7.11 Å². The first-order valence-corrected chi connectivity index (χ1v) is 7.66. The fourth-order valence-electron chi connectivity index (χ4n) is 1.60. The number of carboxylic acid groups (broad SMARTS) is 1. The Kier molecular flexibility index (Phi) is 5.20. The molecule has 0 aliphatic rings. The Bertz CT molecular complexity index is 609. The minimum absolute atomic E-state index is 0.728. The Morgan fingerprint density at radius 2 is 2.40 bits per heavy atom. The molecule has 104 valence electrons. The third kappa shape index (κ3) is 4.11. The number of hydrogen-bond donors (Lipinski definition) is 1. The van der Waals surface area contributed by atoms with Crippen molar-refractivity contribution in [3.05, 3.63) is 47.0 Å². The molecule has 0 radical (unpaired) electrons. The summed E-state index contributed by atoms with van der Waals surface area (Å²) in [7, 11) is 1.62. The van der Waals surface area contributed by atoms with Crippen molar-refractivity contribution >= 4 is 35.1 Å². The Hall–Kier alpha value is -1.79. The van der Waals surface area contributed by atoms with Crippen molar-refractivity contribution < 1.29 is 14.6 Å². The lowest BCUT2D eigenvalue weighted by Gasteiger charge is -2.08. The zero-order chi connectivity index (χ0) is 14.4. The van der Waals surface area contributed by atoms with E-state index < -0.39 is 5.97 Å². The molecule has 2 rings (SSSR count). The molecule has 0 bridgehead atoms. The lowest BCUT2D eigenvalue weighted by molar-refractivity contribution is -0.131. The highest BCUT2D eigenvalue weighted by Crippen LogP contribution is 2.30. The Labute approximate surface area is 125 Å². The van der Waals surface area contributed by atoms with Crippen LogP contribution in [0.5, 0.6) is 5.75 Å². The fourth-order valence-corrected chi connectivity index (χ4v) is 3.22. The zero-order valence-corrected chi connectivity index (χ0v) is 12.4. The number of methoxy groups -OCH3 is 1. The lowest BCUT2D eigenvalue weighted by Crippen LogP contribution is -1.92. The van der Waals surface area contributed by atoms with E-state index in [1.54, 1.807) is 42.5 Å². The minimum atomic E-state index is -0.959. The molecule has 0 unspecified atom stereocenters. The summed E-state index contributed by atoms with van der Waals surface area (Å²) < 4.78 is 6.32. The van der Waals surface area contributed by atoms with Gasteiger partial charge in [-0.2, -0.15) is 0 Å². The maximum Gasteiger partial charge on any atom is 0.328 e. The number of benzene rings is 1. The molecular weight excluding hydrogens is 294 g/mol. The second-order valence-corrected chi connectivity index (χ2v) is 5.95. The molecule has 20 heavy (non-hydrogen) atoms. The molecule has 1 aromatic carbocycles. The summed E-state index contributed by atoms with van der Waals surface area (Å²) in [5.41, 5.74) is 1.85. The molecule has 0 atom stereocenters. The molecule has 1 aromatic heterocycles. The van der Waals surface area contributed by atoms with Gasteiger partial charge in [0.2, 0.25) is 0 Å². The molecule has 0 fully saturated rings. The number of thioether (sulfide) groups is 1. The summed E-state index contributed by atoms with van der Waals surface area (Å²) >= 11 is 3.22. The Morgan fingerprint density at radius 1 is 1.55 bits per heavy atom. The van der Waals surface area contributed by atoms with Crippen molar-refractivity contribution in [2.75, 3.05) is 7.11 Å². The van der Waals surface area contributed by atoms with Crippen LogP contribution in [0.4, 0.5) is 0 Å². The van der Waals surface area contributed by atoms with E-state index in [9.17, 15) is 4.79 Å². The van der Waals surface area contributed by atoms with E-state index in [0.29, 0.717) is 0 Å². The lowest BCUT2D eigenvalue weighted by atomic mass is 10.1. The van der Waals surface area contributed by atoms with Gasteiger partial charge in [-0.15, -0.1) is 11.3 Å². The number of hydrogen-bond acceptors (Lipinski definition) is 5. The van der Waals surface area contributed by atoms with Crippen molar-refractivity contribution in [2.24, 2.45) is 0 Å². The minimum Gasteiger partial charge on any atom is -0.496 e. The molecule has 1 heterocycles. The van der Waals surface area contributed by atoms with Crippen molar-refractivity contribution in [3.8, 4) is 5.75 Å². The van der Waals surface area contributed by atoms with Crippen LogP contribution in [0.2, 0.25) is 0 Å². The summed E-state index contributed by atoms with van der Waals surface area (Å²) in [5, 5.41) is 10.6. The van der Waals surface area contributed by atoms with Crippen LogP contribution in [0.25, 0.3) is 6.08 Å². The van der Waals surface area contributed by atoms with Gasteiger partial charge in [-0.05, 0) is 23.8 Å². The molecule has 1 N–H and O–H groups in total. The van der Waals surface area contributed by atoms with E-state index in [0.717, 1.165) is 33.0 Å². The second kappa shape index (κ2) is 7.12. The molecule has 0 amide bonds. The monoisotopic (exact) mass is 307 g/mol. The highest BCUT2D eigenvalue weighted by Gasteiger charge is 2.06. The summed E-state index contributed by atoms with van der Waals surface area (Å²) in [6.45, 7) is 0. The first kappa shape index (κ1) is 14.6. The van der Waals surface area contributed by atoms with Crippen molar-refractivity contribution in [1.29, 1.82) is 0 Å². The van der Waals surface area contributed by atoms with E-state index in [2.05, 4.69) is 4.98 Å². The highest BCUT2D eigenvalue weighted by atomic mass is 32.2. The first-order chi connectivity index (χ1) is 9.69. The maximum absolute atomic E-state index is 10.5. The number of nitrogens with zero attached hydrogens (tertiary/aromatic N) is 1. The van der Waals surface area contributed by atoms with Gasteiger partial charge in [-0.1, -0.05) is 17.8 Å². The molecule has 0 saturated carbocycles. The fraction of sp³-hybridized carbons (Fsp3) is 0.143. The van der Waals surface area contributed by atoms with Crippen molar-refractivity contribution in [1.82, 2.24) is 4.98 Å². The number of ether oxygens (including phenoxy) is 1. The normalized spacial score (nSPS) is 10.8. The summed E-state index contributed by atoms with van der Waals surface area (Å²) in [6.07, 6.45) is 4.47. The van der Waals surface area contributed by atoms with Crippen LogP contribution in [0.3, 0.4) is 0 Å². The predicted molar refractivity (Wildman–Crippen MR) is 81.3 cm³/mol. The van der Waals surface area contributed by atoms with Gasteiger partial charge < -0.3 is 9.84 Å². The molecule has 0 aliphatic carbocycles. The van der Waals surface area contributed by atoms with Crippen LogP contribution in [-0.2, 0) is 10.5 Å². The largest absolute Gasteiger partial charge is 0.496 e. The molecule has 4 nitrogen and oxygen atoms in total. The topological polar surface area (TPSA) is 59.4 Å². The van der Waals surface area contributed by atoms with Crippen molar-refractivity contribution in [3.63, 3.8) is 0 Å². The molecule has 2 aromatic rings. The number of carboxylic acids is 1. The van der Waals surface area contributed by atoms with E-state index in [4.69, 9.17) is 9.84 Å². The molecular formula is C14H13NO3S2. The smallest absolute Gasteiger partial charge is 0.328 e. The van der Waals surface area contributed by atoms with Crippen LogP contribution in [0.1, 0.15) is 11.1 Å². The second-order valence-electron chi connectivity index (χ2n) is 3.83. The molecule has 0 aliphatic heterocycles. The number of aliphatic carboxylic acids is 1. The molecule has 6 heteroatoms. The third-order valence-electron chi connectivity index (χ3n) is 2.48. The maximum atomic E-state index is 10.5. The summed E-state index contributed by atoms with van der Waals surface area (Å²) in [4.78, 5) is 14.8. The quantitative estimate of drug-likeness (QED) is 0.653. The number of thiazole rings is 1. The van der Waals surface area contributed by atoms with Gasteiger partial charge in [0.25, 0.3) is 0 Å². The Morgan fingerprint density at radius 3 is 3.05 bits per heavy atom. The molecule has 0 saturated heterocycles. The van der Waals surface area contributed by atoms with Crippen LogP contribution in [-0.4, -0.2) is 23.2 Å². The number of aromatic nitrogens is 1. The predicted octanol–water partition coefficient (Wildman–Crippen LogP) is 3.54. The SMILES string of the molecule is COc1ccc(C=CC(=O)O)cc1CSc1nccs1. The van der Waals surface area contributed by atoms with Crippen LogP contribution < -0.4 is 4.74 Å². The van der Waals surface area contributed by atoms with E-state index in [1.807, 2.05) is 23.6 Å². The van der Waals surface area contributed by atoms with Crippen LogP contribution in [0.15, 0.2) is 40.2 Å². The number of carbonyl (C=O) groups is 1. The zero-order valence-electron chi connectivity index (χ0n) is 10.8. The van der Waals surface area contributed by atoms with Gasteiger partial charge in [0.15, 0.2) is 0 Å². The average Bonchev–Trinajstić information content (AvgIpc) is 2.96. The first-order valence-electron chi connectivity index (χ1n) is 5.79. The van der Waals surface area contributed by atoms with Gasteiger partial charge in [-0.3, -0.25) is 0 Å². The van der Waals surface area contributed by atoms with Crippen LogP contribution in [0, 0.1) is 0 Å². The summed E-state index contributed by atoms with van der Waals surface area (Å²) in [5.74, 6) is 0.562. The van der Waals surface area contributed by atoms with E-state index in [1.165, 1.54) is 0 Å². The van der Waals surface area contributed by atoms with Crippen LogP contribution >= 0.6 is 23.1 Å². The van der Waals surface area contributed by atoms with Crippen molar-refractivity contribution in [2.45, 2.75) is 10.1 Å².